The Morgan fingerprint density at radius 1 is 1.11 bits per heavy atom. The number of nitrogens with zero attached hydrogens (tertiary/aromatic N) is 3. The molecule has 1 unspecified atom stereocenters. The van der Waals surface area contributed by atoms with Crippen LogP contribution in [0, 0.1) is 5.92 Å². The molecule has 2 aromatic rings. The van der Waals surface area contributed by atoms with Crippen molar-refractivity contribution in [2.45, 2.75) is 62.4 Å². The SMILES string of the molecule is C=C/C=C(\C=C)CN(CC1CC1)S(=O)(=O)c1ccc(CN(CCCCN)C2CCCc3cccnc32)cc1. The maximum atomic E-state index is 13.7. The Bertz CT molecular complexity index is 1220. The number of unbranched alkanes of at least 4 members (excludes halogenated alkanes) is 1. The van der Waals surface area contributed by atoms with E-state index in [0.717, 1.165) is 69.2 Å². The molecule has 0 amide bonds. The third-order valence-electron chi connectivity index (χ3n) is 7.56. The average molecular weight is 535 g/mol. The van der Waals surface area contributed by atoms with Gasteiger partial charge in [-0.2, -0.15) is 4.31 Å². The smallest absolute Gasteiger partial charge is 0.243 e. The number of nitrogens with two attached hydrogens (primary N) is 1. The van der Waals surface area contributed by atoms with Crippen molar-refractivity contribution < 1.29 is 8.42 Å². The summed E-state index contributed by atoms with van der Waals surface area (Å²) in [6.07, 6.45) is 14.6. The molecule has 204 valence electrons. The minimum atomic E-state index is -3.63. The van der Waals surface area contributed by atoms with Gasteiger partial charge in [0.05, 0.1) is 16.6 Å². The molecule has 0 spiro atoms. The zero-order valence-corrected chi connectivity index (χ0v) is 23.3. The number of rotatable bonds is 15. The highest BCUT2D eigenvalue weighted by molar-refractivity contribution is 7.89. The molecule has 0 bridgehead atoms. The third-order valence-corrected chi connectivity index (χ3v) is 9.39. The lowest BCUT2D eigenvalue weighted by Gasteiger charge is -2.35. The zero-order chi connectivity index (χ0) is 27.0. The van der Waals surface area contributed by atoms with Crippen LogP contribution in [0.15, 0.2) is 84.4 Å². The van der Waals surface area contributed by atoms with Gasteiger partial charge in [-0.3, -0.25) is 9.88 Å². The third kappa shape index (κ3) is 7.29. The second-order valence-electron chi connectivity index (χ2n) is 10.5. The van der Waals surface area contributed by atoms with E-state index < -0.39 is 10.0 Å². The Hall–Kier alpha value is -2.58. The van der Waals surface area contributed by atoms with Crippen LogP contribution in [-0.2, 0) is 23.0 Å². The van der Waals surface area contributed by atoms with Crippen LogP contribution < -0.4 is 5.73 Å². The second-order valence-corrected chi connectivity index (χ2v) is 12.4. The quantitative estimate of drug-likeness (QED) is 0.245. The molecule has 1 aromatic heterocycles. The summed E-state index contributed by atoms with van der Waals surface area (Å²) in [6.45, 7) is 10.8. The highest BCUT2D eigenvalue weighted by Gasteiger charge is 2.32. The highest BCUT2D eigenvalue weighted by atomic mass is 32.2. The summed E-state index contributed by atoms with van der Waals surface area (Å²) >= 11 is 0. The molecular weight excluding hydrogens is 492 g/mol. The normalized spacial score (nSPS) is 18.0. The standard InChI is InChI=1S/C31H42N4O2S/c1-3-9-25(4-2)23-35(24-27-13-14-27)38(36,37)29-17-15-26(16-18-29)22-34(21-6-5-19-32)30-12-7-10-28-11-8-20-33-31(28)30/h3-4,8-9,11,15-18,20,27,30H,1-2,5-7,10,12-14,19,21-24,32H2/b25-9+. The number of hydrogen-bond acceptors (Lipinski definition) is 5. The summed E-state index contributed by atoms with van der Waals surface area (Å²) in [5, 5.41) is 0. The predicted molar refractivity (Wildman–Crippen MR) is 155 cm³/mol. The molecule has 0 aliphatic heterocycles. The molecule has 7 heteroatoms. The fourth-order valence-corrected chi connectivity index (χ4v) is 6.78. The predicted octanol–water partition coefficient (Wildman–Crippen LogP) is 5.40. The van der Waals surface area contributed by atoms with E-state index in [2.05, 4.69) is 24.1 Å². The average Bonchev–Trinajstić information content (AvgIpc) is 3.76. The fraction of sp³-hybridized carbons (Fsp3) is 0.452. The van der Waals surface area contributed by atoms with Gasteiger partial charge in [0.15, 0.2) is 0 Å². The molecule has 1 saturated carbocycles. The molecule has 1 atom stereocenters. The van der Waals surface area contributed by atoms with E-state index >= 15 is 0 Å². The first-order chi connectivity index (χ1) is 18.5. The van der Waals surface area contributed by atoms with Gasteiger partial charge in [0, 0.05) is 25.8 Å². The van der Waals surface area contributed by atoms with E-state index in [1.165, 1.54) is 11.3 Å². The first-order valence-electron chi connectivity index (χ1n) is 13.9. The Balaban J connectivity index is 1.53. The summed E-state index contributed by atoms with van der Waals surface area (Å²) < 4.78 is 28.9. The maximum Gasteiger partial charge on any atom is 0.243 e. The van der Waals surface area contributed by atoms with E-state index in [4.69, 9.17) is 10.7 Å². The number of fused-ring (bicyclic) bond motifs is 1. The summed E-state index contributed by atoms with van der Waals surface area (Å²) in [6, 6.07) is 12.0. The van der Waals surface area contributed by atoms with E-state index in [9.17, 15) is 8.42 Å². The van der Waals surface area contributed by atoms with Crippen molar-refractivity contribution >= 4 is 10.0 Å². The molecule has 0 saturated heterocycles. The molecule has 1 aromatic carbocycles. The summed E-state index contributed by atoms with van der Waals surface area (Å²) in [7, 11) is -3.63. The Morgan fingerprint density at radius 2 is 1.89 bits per heavy atom. The number of pyridine rings is 1. The summed E-state index contributed by atoms with van der Waals surface area (Å²) in [5.74, 6) is 0.438. The number of hydrogen-bond donors (Lipinski definition) is 1. The van der Waals surface area contributed by atoms with Crippen LogP contribution in [0.4, 0.5) is 0 Å². The number of allylic oxidation sites excluding steroid dienone is 2. The molecular formula is C31H42N4O2S. The monoisotopic (exact) mass is 534 g/mol. The Kier molecular flexibility index (Phi) is 10.1. The molecule has 6 nitrogen and oxygen atoms in total. The van der Waals surface area contributed by atoms with Gasteiger partial charge >= 0.3 is 0 Å². The molecule has 1 fully saturated rings. The van der Waals surface area contributed by atoms with Crippen molar-refractivity contribution in [2.24, 2.45) is 11.7 Å². The second kappa shape index (κ2) is 13.5. The van der Waals surface area contributed by atoms with Crippen LogP contribution in [-0.4, -0.2) is 48.8 Å². The topological polar surface area (TPSA) is 79.5 Å². The summed E-state index contributed by atoms with van der Waals surface area (Å²) in [5.41, 5.74) is 10.3. The molecule has 4 rings (SSSR count). The molecule has 2 aliphatic carbocycles. The van der Waals surface area contributed by atoms with Gasteiger partial charge in [0.25, 0.3) is 0 Å². The van der Waals surface area contributed by atoms with Gasteiger partial charge in [-0.25, -0.2) is 8.42 Å². The van der Waals surface area contributed by atoms with Gasteiger partial charge < -0.3 is 5.73 Å². The molecule has 0 radical (unpaired) electrons. The first-order valence-corrected chi connectivity index (χ1v) is 15.3. The van der Waals surface area contributed by atoms with Gasteiger partial charge in [-0.15, -0.1) is 0 Å². The van der Waals surface area contributed by atoms with E-state index in [-0.39, 0.29) is 6.04 Å². The fourth-order valence-electron chi connectivity index (χ4n) is 5.27. The van der Waals surface area contributed by atoms with Crippen molar-refractivity contribution in [3.63, 3.8) is 0 Å². The van der Waals surface area contributed by atoms with Crippen LogP contribution >= 0.6 is 0 Å². The number of aromatic nitrogens is 1. The molecule has 1 heterocycles. The Morgan fingerprint density at radius 3 is 2.58 bits per heavy atom. The van der Waals surface area contributed by atoms with E-state index in [1.54, 1.807) is 28.6 Å². The number of sulfonamides is 1. The highest BCUT2D eigenvalue weighted by Crippen LogP contribution is 2.35. The van der Waals surface area contributed by atoms with Crippen LogP contribution in [0.25, 0.3) is 0 Å². The lowest BCUT2D eigenvalue weighted by Crippen LogP contribution is -2.34. The largest absolute Gasteiger partial charge is 0.330 e. The molecule has 2 aliphatic rings. The van der Waals surface area contributed by atoms with Crippen molar-refractivity contribution in [3.8, 4) is 0 Å². The van der Waals surface area contributed by atoms with E-state index in [0.29, 0.717) is 30.4 Å². The maximum absolute atomic E-state index is 13.7. The zero-order valence-electron chi connectivity index (χ0n) is 22.5. The van der Waals surface area contributed by atoms with Crippen molar-refractivity contribution in [3.05, 3.63) is 96.4 Å². The van der Waals surface area contributed by atoms with Crippen molar-refractivity contribution in [1.82, 2.24) is 14.2 Å². The van der Waals surface area contributed by atoms with Crippen LogP contribution in [0.5, 0.6) is 0 Å². The van der Waals surface area contributed by atoms with E-state index in [1.807, 2.05) is 30.5 Å². The van der Waals surface area contributed by atoms with Crippen LogP contribution in [0.1, 0.15) is 61.4 Å². The Labute approximate surface area is 229 Å². The first kappa shape index (κ1) is 28.4. The van der Waals surface area contributed by atoms with Gasteiger partial charge in [0.1, 0.15) is 0 Å². The van der Waals surface area contributed by atoms with Gasteiger partial charge in [-0.05, 0) is 98.9 Å². The van der Waals surface area contributed by atoms with Crippen molar-refractivity contribution in [2.75, 3.05) is 26.2 Å². The molecule has 2 N–H and O–H groups in total. The number of benzene rings is 1. The lowest BCUT2D eigenvalue weighted by atomic mass is 9.90. The molecule has 38 heavy (non-hydrogen) atoms. The number of aryl methyl sites for hydroxylation is 1. The lowest BCUT2D eigenvalue weighted by molar-refractivity contribution is 0.163. The minimum absolute atomic E-state index is 0.268. The van der Waals surface area contributed by atoms with Crippen molar-refractivity contribution in [1.29, 1.82) is 0 Å². The minimum Gasteiger partial charge on any atom is -0.330 e. The van der Waals surface area contributed by atoms with Crippen LogP contribution in [0.3, 0.4) is 0 Å². The van der Waals surface area contributed by atoms with Crippen LogP contribution in [0.2, 0.25) is 0 Å². The van der Waals surface area contributed by atoms with Gasteiger partial charge in [0.2, 0.25) is 10.0 Å². The van der Waals surface area contributed by atoms with Gasteiger partial charge in [-0.1, -0.05) is 49.6 Å². The summed E-state index contributed by atoms with van der Waals surface area (Å²) in [4.78, 5) is 7.60.